The van der Waals surface area contributed by atoms with Crippen molar-refractivity contribution < 1.29 is 9.53 Å². The van der Waals surface area contributed by atoms with E-state index < -0.39 is 0 Å². The Bertz CT molecular complexity index is 1210. The lowest BCUT2D eigenvalue weighted by Crippen LogP contribution is -2.35. The van der Waals surface area contributed by atoms with Crippen LogP contribution in [0.3, 0.4) is 0 Å². The van der Waals surface area contributed by atoms with Crippen LogP contribution in [0.4, 0.5) is 0 Å². The topological polar surface area (TPSA) is 63.2 Å². The summed E-state index contributed by atoms with van der Waals surface area (Å²) < 4.78 is 6.33. The molecule has 2 N–H and O–H groups in total. The summed E-state index contributed by atoms with van der Waals surface area (Å²) in [7, 11) is 1.56. The van der Waals surface area contributed by atoms with Gasteiger partial charge in [0.25, 0.3) is 0 Å². The standard InChI is InChI=1S/C24H21BrCl3N3O2/c1-33-24-17(12-29-11-13-8-9-21(32)30-13)19(26)10-20(31-24)16-6-2-4-14(22(16)27)15-5-3-7-18(25)23(15)28/h2-7,10,13,29H,8-9,11-12H2,1H3,(H,30,32). The molecule has 0 radical (unpaired) electrons. The minimum Gasteiger partial charge on any atom is -0.481 e. The van der Waals surface area contributed by atoms with Crippen LogP contribution >= 0.6 is 50.7 Å². The van der Waals surface area contributed by atoms with Gasteiger partial charge in [-0.1, -0.05) is 65.1 Å². The predicted octanol–water partition coefficient (Wildman–Crippen LogP) is 6.52. The summed E-state index contributed by atoms with van der Waals surface area (Å²) in [4.78, 5) is 16.1. The van der Waals surface area contributed by atoms with Crippen molar-refractivity contribution in [2.75, 3.05) is 13.7 Å². The summed E-state index contributed by atoms with van der Waals surface area (Å²) in [6.45, 7) is 1.11. The first-order chi connectivity index (χ1) is 15.9. The van der Waals surface area contributed by atoms with Crippen LogP contribution in [-0.4, -0.2) is 30.6 Å². The summed E-state index contributed by atoms with van der Waals surface area (Å²) in [5.74, 6) is 0.508. The average molecular weight is 570 g/mol. The van der Waals surface area contributed by atoms with Gasteiger partial charge in [-0.3, -0.25) is 4.79 Å². The van der Waals surface area contributed by atoms with Gasteiger partial charge < -0.3 is 15.4 Å². The third-order valence-electron chi connectivity index (χ3n) is 5.52. The molecule has 1 amide bonds. The maximum atomic E-state index is 11.4. The third-order valence-corrected chi connectivity index (χ3v) is 7.56. The van der Waals surface area contributed by atoms with Crippen molar-refractivity contribution in [1.82, 2.24) is 15.6 Å². The minimum absolute atomic E-state index is 0.0895. The zero-order valence-corrected chi connectivity index (χ0v) is 21.6. The molecule has 0 aliphatic carbocycles. The maximum Gasteiger partial charge on any atom is 0.220 e. The first-order valence-corrected chi connectivity index (χ1v) is 12.3. The Hall–Kier alpha value is -1.83. The first kappa shape index (κ1) is 24.3. The van der Waals surface area contributed by atoms with Crippen LogP contribution in [0.25, 0.3) is 22.4 Å². The zero-order chi connectivity index (χ0) is 23.5. The van der Waals surface area contributed by atoms with Crippen LogP contribution in [0, 0.1) is 0 Å². The number of carbonyl (C=O) groups is 1. The van der Waals surface area contributed by atoms with E-state index in [-0.39, 0.29) is 11.9 Å². The van der Waals surface area contributed by atoms with E-state index in [1.807, 2.05) is 36.4 Å². The van der Waals surface area contributed by atoms with E-state index in [2.05, 4.69) is 31.5 Å². The van der Waals surface area contributed by atoms with Gasteiger partial charge in [-0.15, -0.1) is 0 Å². The molecule has 0 bridgehead atoms. The van der Waals surface area contributed by atoms with Gasteiger partial charge in [0, 0.05) is 52.3 Å². The number of aromatic nitrogens is 1. The lowest BCUT2D eigenvalue weighted by molar-refractivity contribution is -0.119. The van der Waals surface area contributed by atoms with Crippen molar-refractivity contribution in [3.63, 3.8) is 0 Å². The molecular formula is C24H21BrCl3N3O2. The molecule has 1 aromatic heterocycles. The van der Waals surface area contributed by atoms with E-state index in [9.17, 15) is 4.79 Å². The molecule has 2 heterocycles. The molecule has 4 rings (SSSR count). The van der Waals surface area contributed by atoms with Gasteiger partial charge >= 0.3 is 0 Å². The lowest BCUT2D eigenvalue weighted by Gasteiger charge is -2.16. The van der Waals surface area contributed by atoms with E-state index in [0.717, 1.165) is 33.1 Å². The van der Waals surface area contributed by atoms with E-state index in [0.29, 0.717) is 46.2 Å². The zero-order valence-electron chi connectivity index (χ0n) is 17.7. The summed E-state index contributed by atoms with van der Waals surface area (Å²) in [5, 5.41) is 7.88. The maximum absolute atomic E-state index is 11.4. The smallest absolute Gasteiger partial charge is 0.220 e. The Labute approximate surface area is 215 Å². The van der Waals surface area contributed by atoms with Gasteiger partial charge in [-0.2, -0.15) is 0 Å². The Morgan fingerprint density at radius 2 is 1.82 bits per heavy atom. The summed E-state index contributed by atoms with van der Waals surface area (Å²) in [6, 6.07) is 13.3. The molecule has 0 saturated carbocycles. The predicted molar refractivity (Wildman–Crippen MR) is 137 cm³/mol. The number of carbonyl (C=O) groups excluding carboxylic acids is 1. The van der Waals surface area contributed by atoms with Crippen LogP contribution in [0.15, 0.2) is 46.9 Å². The molecule has 1 atom stereocenters. The second-order valence-electron chi connectivity index (χ2n) is 7.68. The Kier molecular flexibility index (Phi) is 7.82. The number of hydrogen-bond acceptors (Lipinski definition) is 4. The number of hydrogen-bond donors (Lipinski definition) is 2. The number of halogens is 4. The minimum atomic E-state index is 0.0895. The van der Waals surface area contributed by atoms with Crippen LogP contribution in [0.5, 0.6) is 5.88 Å². The quantitative estimate of drug-likeness (QED) is 0.340. The van der Waals surface area contributed by atoms with Crippen molar-refractivity contribution in [1.29, 1.82) is 0 Å². The highest BCUT2D eigenvalue weighted by Gasteiger charge is 2.21. The average Bonchev–Trinajstić information content (AvgIpc) is 3.22. The lowest BCUT2D eigenvalue weighted by atomic mass is 10.0. The molecule has 1 fully saturated rings. The van der Waals surface area contributed by atoms with Gasteiger partial charge in [0.1, 0.15) is 0 Å². The van der Waals surface area contributed by atoms with Gasteiger partial charge in [-0.25, -0.2) is 4.98 Å². The van der Waals surface area contributed by atoms with Crippen molar-refractivity contribution in [2.45, 2.75) is 25.4 Å². The van der Waals surface area contributed by atoms with Crippen LogP contribution in [0.2, 0.25) is 15.1 Å². The number of benzene rings is 2. The van der Waals surface area contributed by atoms with Gasteiger partial charge in [0.15, 0.2) is 0 Å². The van der Waals surface area contributed by atoms with E-state index in [1.54, 1.807) is 13.2 Å². The molecule has 9 heteroatoms. The number of nitrogens with one attached hydrogen (secondary N) is 2. The third kappa shape index (κ3) is 5.31. The summed E-state index contributed by atoms with van der Waals surface area (Å²) in [5.41, 5.74) is 3.67. The fourth-order valence-electron chi connectivity index (χ4n) is 3.84. The molecule has 2 aromatic carbocycles. The highest BCUT2D eigenvalue weighted by Crippen LogP contribution is 2.42. The highest BCUT2D eigenvalue weighted by atomic mass is 79.9. The van der Waals surface area contributed by atoms with Crippen molar-refractivity contribution >= 4 is 56.6 Å². The Morgan fingerprint density at radius 3 is 2.52 bits per heavy atom. The van der Waals surface area contributed by atoms with Gasteiger partial charge in [0.05, 0.1) is 27.9 Å². The second kappa shape index (κ2) is 10.6. The van der Waals surface area contributed by atoms with E-state index >= 15 is 0 Å². The highest BCUT2D eigenvalue weighted by molar-refractivity contribution is 9.10. The molecule has 172 valence electrons. The fraction of sp³-hybridized carbons (Fsp3) is 0.250. The first-order valence-electron chi connectivity index (χ1n) is 10.4. The monoisotopic (exact) mass is 567 g/mol. The molecule has 5 nitrogen and oxygen atoms in total. The Morgan fingerprint density at radius 1 is 1.12 bits per heavy atom. The molecule has 0 spiro atoms. The number of methoxy groups -OCH3 is 1. The van der Waals surface area contributed by atoms with Crippen molar-refractivity contribution in [3.05, 3.63) is 67.6 Å². The Balaban J connectivity index is 1.62. The second-order valence-corrected chi connectivity index (χ2v) is 9.70. The molecule has 1 aliphatic heterocycles. The van der Waals surface area contributed by atoms with Gasteiger partial charge in [-0.05, 0) is 34.5 Å². The number of rotatable bonds is 7. The van der Waals surface area contributed by atoms with Crippen LogP contribution in [0.1, 0.15) is 18.4 Å². The van der Waals surface area contributed by atoms with Crippen LogP contribution < -0.4 is 15.4 Å². The van der Waals surface area contributed by atoms with Gasteiger partial charge in [0.2, 0.25) is 11.8 Å². The molecule has 33 heavy (non-hydrogen) atoms. The van der Waals surface area contributed by atoms with Crippen molar-refractivity contribution in [3.8, 4) is 28.3 Å². The molecule has 1 unspecified atom stereocenters. The molecule has 1 saturated heterocycles. The molecule has 3 aromatic rings. The largest absolute Gasteiger partial charge is 0.481 e. The molecular weight excluding hydrogens is 549 g/mol. The number of amides is 1. The molecule has 1 aliphatic rings. The van der Waals surface area contributed by atoms with Crippen molar-refractivity contribution in [2.24, 2.45) is 0 Å². The SMILES string of the molecule is COc1nc(-c2cccc(-c3cccc(Br)c3Cl)c2Cl)cc(Cl)c1CNCC1CCC(=O)N1. The number of ether oxygens (including phenoxy) is 1. The van der Waals surface area contributed by atoms with E-state index in [4.69, 9.17) is 39.5 Å². The number of nitrogens with zero attached hydrogens (tertiary/aromatic N) is 1. The summed E-state index contributed by atoms with van der Waals surface area (Å²) in [6.07, 6.45) is 1.39. The fourth-order valence-corrected chi connectivity index (χ4v) is 5.01. The normalized spacial score (nSPS) is 15.5. The number of pyridine rings is 1. The summed E-state index contributed by atoms with van der Waals surface area (Å²) >= 11 is 23.4. The van der Waals surface area contributed by atoms with E-state index in [1.165, 1.54) is 0 Å². The van der Waals surface area contributed by atoms with Crippen LogP contribution in [-0.2, 0) is 11.3 Å².